The zero-order valence-corrected chi connectivity index (χ0v) is 14.1. The van der Waals surface area contributed by atoms with E-state index in [2.05, 4.69) is 28.2 Å². The number of aromatic nitrogens is 3. The third-order valence-electron chi connectivity index (χ3n) is 4.81. The van der Waals surface area contributed by atoms with Crippen LogP contribution in [0.3, 0.4) is 0 Å². The number of hydrogen-bond donors (Lipinski definition) is 1. The first kappa shape index (κ1) is 15.8. The molecule has 7 nitrogen and oxygen atoms in total. The molecule has 1 saturated heterocycles. The number of fused-ring (bicyclic) bond motifs is 1. The van der Waals surface area contributed by atoms with E-state index in [1.54, 1.807) is 0 Å². The molecule has 130 valence electrons. The summed E-state index contributed by atoms with van der Waals surface area (Å²) in [6.45, 7) is 2.27. The Bertz CT molecular complexity index is 1020. The van der Waals surface area contributed by atoms with Crippen molar-refractivity contribution in [2.24, 2.45) is 5.92 Å². The lowest BCUT2D eigenvalue weighted by molar-refractivity contribution is 0.209. The van der Waals surface area contributed by atoms with Crippen LogP contribution in [0.4, 0.5) is 0 Å². The van der Waals surface area contributed by atoms with E-state index >= 15 is 0 Å². The van der Waals surface area contributed by atoms with Gasteiger partial charge in [0, 0.05) is 18.8 Å². The van der Waals surface area contributed by atoms with Crippen LogP contribution in [-0.2, 0) is 6.42 Å². The molecule has 3 heterocycles. The summed E-state index contributed by atoms with van der Waals surface area (Å²) < 4.78 is 6.64. The molecule has 3 aromatic rings. The molecular formula is C18H20N4O3. The van der Waals surface area contributed by atoms with Gasteiger partial charge in [-0.3, -0.25) is 9.78 Å². The first-order valence-corrected chi connectivity index (χ1v) is 8.49. The molecule has 4 rings (SSSR count). The molecular weight excluding hydrogens is 320 g/mol. The van der Waals surface area contributed by atoms with Gasteiger partial charge in [0.1, 0.15) is 0 Å². The van der Waals surface area contributed by atoms with E-state index in [-0.39, 0.29) is 0 Å². The first-order valence-electron chi connectivity index (χ1n) is 8.49. The van der Waals surface area contributed by atoms with Crippen molar-refractivity contribution in [3.63, 3.8) is 0 Å². The summed E-state index contributed by atoms with van der Waals surface area (Å²) in [7, 11) is 2.16. The quantitative estimate of drug-likeness (QED) is 0.782. The maximum atomic E-state index is 12.0. The summed E-state index contributed by atoms with van der Waals surface area (Å²) in [4.78, 5) is 27.9. The lowest BCUT2D eigenvalue weighted by Gasteiger charge is -2.29. The topological polar surface area (TPSA) is 84.1 Å². The van der Waals surface area contributed by atoms with Crippen LogP contribution < -0.4 is 11.2 Å². The zero-order chi connectivity index (χ0) is 17.4. The Labute approximate surface area is 143 Å². The van der Waals surface area contributed by atoms with Crippen LogP contribution in [0.25, 0.3) is 16.8 Å². The van der Waals surface area contributed by atoms with Gasteiger partial charge in [-0.05, 0) is 56.5 Å². The third-order valence-corrected chi connectivity index (χ3v) is 4.81. The Morgan fingerprint density at radius 2 is 2.20 bits per heavy atom. The number of nitrogens with one attached hydrogen (secondary N) is 1. The average Bonchev–Trinajstić information content (AvgIpc) is 2.98. The second-order valence-electron chi connectivity index (χ2n) is 6.79. The zero-order valence-electron chi connectivity index (χ0n) is 14.1. The standard InChI is InChI=1S/C18H20N4O3/c1-21-7-2-3-13(11-21)9-12-4-5-15-14(10-12)17(20-25-15)22-8-6-16(23)19-18(22)24/h4-6,8,10,13H,2-3,7,9,11H2,1H3,(H,19,23,24). The minimum Gasteiger partial charge on any atom is -0.354 e. The van der Waals surface area contributed by atoms with Crippen molar-refractivity contribution in [3.8, 4) is 5.82 Å². The van der Waals surface area contributed by atoms with E-state index in [1.807, 2.05) is 12.1 Å². The molecule has 2 aromatic heterocycles. The van der Waals surface area contributed by atoms with Crippen molar-refractivity contribution in [3.05, 3.63) is 56.9 Å². The van der Waals surface area contributed by atoms with Crippen molar-refractivity contribution >= 4 is 11.0 Å². The lowest BCUT2D eigenvalue weighted by Crippen LogP contribution is -2.32. The molecule has 0 radical (unpaired) electrons. The van der Waals surface area contributed by atoms with E-state index in [9.17, 15) is 9.59 Å². The van der Waals surface area contributed by atoms with Crippen molar-refractivity contribution < 1.29 is 4.52 Å². The molecule has 1 N–H and O–H groups in total. The maximum absolute atomic E-state index is 12.0. The summed E-state index contributed by atoms with van der Waals surface area (Å²) >= 11 is 0. The molecule has 0 bridgehead atoms. The molecule has 1 fully saturated rings. The van der Waals surface area contributed by atoms with Gasteiger partial charge in [-0.1, -0.05) is 11.2 Å². The highest BCUT2D eigenvalue weighted by molar-refractivity contribution is 5.84. The minimum atomic E-state index is -0.526. The fourth-order valence-electron chi connectivity index (χ4n) is 3.63. The third kappa shape index (κ3) is 3.15. The Morgan fingerprint density at radius 1 is 1.32 bits per heavy atom. The van der Waals surface area contributed by atoms with E-state index in [1.165, 1.54) is 41.8 Å². The highest BCUT2D eigenvalue weighted by Gasteiger charge is 2.19. The average molecular weight is 340 g/mol. The maximum Gasteiger partial charge on any atom is 0.334 e. The molecule has 1 aromatic carbocycles. The van der Waals surface area contributed by atoms with Crippen LogP contribution in [0.1, 0.15) is 18.4 Å². The van der Waals surface area contributed by atoms with Crippen LogP contribution in [0.15, 0.2) is 44.6 Å². The highest BCUT2D eigenvalue weighted by Crippen LogP contribution is 2.25. The van der Waals surface area contributed by atoms with Gasteiger partial charge < -0.3 is 9.42 Å². The highest BCUT2D eigenvalue weighted by atomic mass is 16.5. The molecule has 0 aliphatic carbocycles. The van der Waals surface area contributed by atoms with Crippen molar-refractivity contribution in [2.45, 2.75) is 19.3 Å². The van der Waals surface area contributed by atoms with E-state index in [4.69, 9.17) is 4.52 Å². The normalized spacial score (nSPS) is 18.7. The molecule has 1 atom stereocenters. The largest absolute Gasteiger partial charge is 0.354 e. The van der Waals surface area contributed by atoms with Crippen LogP contribution in [0.2, 0.25) is 0 Å². The molecule has 0 saturated carbocycles. The van der Waals surface area contributed by atoms with E-state index in [0.717, 1.165) is 18.4 Å². The van der Waals surface area contributed by atoms with Crippen LogP contribution in [0.5, 0.6) is 0 Å². The van der Waals surface area contributed by atoms with Crippen molar-refractivity contribution in [1.82, 2.24) is 19.6 Å². The van der Waals surface area contributed by atoms with Gasteiger partial charge in [-0.15, -0.1) is 0 Å². The van der Waals surface area contributed by atoms with Crippen molar-refractivity contribution in [1.29, 1.82) is 0 Å². The summed E-state index contributed by atoms with van der Waals surface area (Å²) in [6.07, 6.45) is 4.87. The Morgan fingerprint density at radius 3 is 3.00 bits per heavy atom. The molecule has 7 heteroatoms. The second kappa shape index (κ2) is 6.33. The number of nitrogens with zero attached hydrogens (tertiary/aromatic N) is 3. The SMILES string of the molecule is CN1CCCC(Cc2ccc3onc(-n4ccc(=O)[nH]c4=O)c3c2)C1. The van der Waals surface area contributed by atoms with Gasteiger partial charge in [0.15, 0.2) is 11.4 Å². The van der Waals surface area contributed by atoms with Gasteiger partial charge in [0.05, 0.1) is 5.39 Å². The van der Waals surface area contributed by atoms with Crippen LogP contribution >= 0.6 is 0 Å². The number of likely N-dealkylation sites (tertiary alicyclic amines) is 1. The summed E-state index contributed by atoms with van der Waals surface area (Å²) in [5, 5.41) is 4.79. The van der Waals surface area contributed by atoms with Gasteiger partial charge in [0.2, 0.25) is 0 Å². The van der Waals surface area contributed by atoms with Crippen molar-refractivity contribution in [2.75, 3.05) is 20.1 Å². The monoisotopic (exact) mass is 340 g/mol. The molecule has 1 unspecified atom stereocenters. The number of aromatic amines is 1. The molecule has 0 amide bonds. The lowest BCUT2D eigenvalue weighted by atomic mass is 9.91. The predicted octanol–water partition coefficient (Wildman–Crippen LogP) is 1.55. The smallest absolute Gasteiger partial charge is 0.334 e. The van der Waals surface area contributed by atoms with Crippen LogP contribution in [-0.4, -0.2) is 39.7 Å². The van der Waals surface area contributed by atoms with Crippen LogP contribution in [0, 0.1) is 5.92 Å². The Kier molecular flexibility index (Phi) is 4.01. The summed E-state index contributed by atoms with van der Waals surface area (Å²) in [5.41, 5.74) is 0.866. The Balaban J connectivity index is 1.70. The molecule has 1 aliphatic heterocycles. The van der Waals surface area contributed by atoms with Gasteiger partial charge in [-0.2, -0.15) is 0 Å². The summed E-state index contributed by atoms with van der Waals surface area (Å²) in [5.74, 6) is 1.04. The fraction of sp³-hybridized carbons (Fsp3) is 0.389. The van der Waals surface area contributed by atoms with E-state index < -0.39 is 11.2 Å². The molecule has 25 heavy (non-hydrogen) atoms. The second-order valence-corrected chi connectivity index (χ2v) is 6.79. The van der Waals surface area contributed by atoms with E-state index in [0.29, 0.717) is 17.3 Å². The van der Waals surface area contributed by atoms with Gasteiger partial charge >= 0.3 is 5.69 Å². The number of hydrogen-bond acceptors (Lipinski definition) is 5. The molecule has 1 aliphatic rings. The predicted molar refractivity (Wildman–Crippen MR) is 94.2 cm³/mol. The molecule has 0 spiro atoms. The number of rotatable bonds is 3. The first-order chi connectivity index (χ1) is 12.1. The van der Waals surface area contributed by atoms with Gasteiger partial charge in [-0.25, -0.2) is 9.36 Å². The fourth-order valence-corrected chi connectivity index (χ4v) is 3.63. The number of H-pyrrole nitrogens is 1. The minimum absolute atomic E-state index is 0.402. The number of piperidine rings is 1. The van der Waals surface area contributed by atoms with Gasteiger partial charge in [0.25, 0.3) is 5.56 Å². The number of benzene rings is 1. The Hall–Kier alpha value is -2.67. The summed E-state index contributed by atoms with van der Waals surface area (Å²) in [6, 6.07) is 7.28.